The van der Waals surface area contributed by atoms with E-state index >= 15 is 0 Å². The van der Waals surface area contributed by atoms with Gasteiger partial charge in [0.15, 0.2) is 0 Å². The highest BCUT2D eigenvalue weighted by atomic mass is 15.1. The second kappa shape index (κ2) is 5.17. The lowest BCUT2D eigenvalue weighted by atomic mass is 9.79. The van der Waals surface area contributed by atoms with Gasteiger partial charge in [-0.15, -0.1) is 0 Å². The second-order valence-electron chi connectivity index (χ2n) is 5.53. The van der Waals surface area contributed by atoms with Crippen molar-refractivity contribution >= 4 is 0 Å². The van der Waals surface area contributed by atoms with E-state index in [9.17, 15) is 0 Å². The quantitative estimate of drug-likeness (QED) is 0.916. The first-order valence-corrected chi connectivity index (χ1v) is 7.06. The zero-order valence-corrected chi connectivity index (χ0v) is 11.4. The fourth-order valence-corrected chi connectivity index (χ4v) is 3.25. The molecule has 1 aromatic heterocycles. The van der Waals surface area contributed by atoms with Gasteiger partial charge in [0.2, 0.25) is 0 Å². The first kappa shape index (κ1) is 12.4. The lowest BCUT2D eigenvalue weighted by molar-refractivity contribution is 0.460. The summed E-state index contributed by atoms with van der Waals surface area (Å²) in [5, 5.41) is 0. The highest BCUT2D eigenvalue weighted by Crippen LogP contribution is 2.36. The van der Waals surface area contributed by atoms with Gasteiger partial charge in [-0.25, -0.2) is 4.98 Å². The van der Waals surface area contributed by atoms with E-state index in [1.807, 2.05) is 24.0 Å². The molecule has 2 unspecified atom stereocenters. The first-order chi connectivity index (χ1) is 9.25. The van der Waals surface area contributed by atoms with Crippen LogP contribution in [0.3, 0.4) is 0 Å². The highest BCUT2D eigenvalue weighted by Gasteiger charge is 2.23. The number of hydrogen-bond donors (Lipinski definition) is 1. The Bertz CT molecular complexity index is 559. The van der Waals surface area contributed by atoms with Crippen molar-refractivity contribution in [2.75, 3.05) is 0 Å². The molecule has 3 rings (SSSR count). The number of aryl methyl sites for hydroxylation is 2. The van der Waals surface area contributed by atoms with Gasteiger partial charge in [0.1, 0.15) is 5.82 Å². The number of rotatable bonds is 3. The minimum Gasteiger partial charge on any atom is -0.337 e. The SMILES string of the molecule is Cn1ccnc1C(N)CC1CCCc2ccccc21. The van der Waals surface area contributed by atoms with Crippen LogP contribution < -0.4 is 5.73 Å². The molecule has 1 aliphatic rings. The molecular weight excluding hydrogens is 234 g/mol. The number of fused-ring (bicyclic) bond motifs is 1. The number of nitrogens with zero attached hydrogens (tertiary/aromatic N) is 2. The van der Waals surface area contributed by atoms with Crippen LogP contribution in [0.15, 0.2) is 36.7 Å². The molecule has 0 bridgehead atoms. The van der Waals surface area contributed by atoms with Crippen molar-refractivity contribution in [1.82, 2.24) is 9.55 Å². The average molecular weight is 255 g/mol. The topological polar surface area (TPSA) is 43.8 Å². The Labute approximate surface area is 114 Å². The summed E-state index contributed by atoms with van der Waals surface area (Å²) in [7, 11) is 2.01. The molecule has 2 atom stereocenters. The molecule has 3 heteroatoms. The van der Waals surface area contributed by atoms with E-state index < -0.39 is 0 Å². The second-order valence-corrected chi connectivity index (χ2v) is 5.53. The van der Waals surface area contributed by atoms with Crippen LogP contribution in [0, 0.1) is 0 Å². The molecule has 2 aromatic rings. The Hall–Kier alpha value is -1.61. The smallest absolute Gasteiger partial charge is 0.125 e. The number of aromatic nitrogens is 2. The van der Waals surface area contributed by atoms with Crippen LogP contribution in [0.2, 0.25) is 0 Å². The zero-order valence-electron chi connectivity index (χ0n) is 11.4. The first-order valence-electron chi connectivity index (χ1n) is 7.06. The summed E-state index contributed by atoms with van der Waals surface area (Å²) in [6.45, 7) is 0. The molecule has 0 saturated carbocycles. The molecule has 0 radical (unpaired) electrons. The fourth-order valence-electron chi connectivity index (χ4n) is 3.25. The molecule has 0 spiro atoms. The lowest BCUT2D eigenvalue weighted by Crippen LogP contribution is -2.20. The maximum Gasteiger partial charge on any atom is 0.125 e. The van der Waals surface area contributed by atoms with Crippen LogP contribution in [0.5, 0.6) is 0 Å². The van der Waals surface area contributed by atoms with Gasteiger partial charge in [0.05, 0.1) is 6.04 Å². The molecule has 0 aliphatic heterocycles. The molecule has 100 valence electrons. The minimum absolute atomic E-state index is 0.0242. The van der Waals surface area contributed by atoms with Crippen LogP contribution in [0.4, 0.5) is 0 Å². The maximum absolute atomic E-state index is 6.34. The van der Waals surface area contributed by atoms with Gasteiger partial charge in [-0.05, 0) is 42.7 Å². The van der Waals surface area contributed by atoms with E-state index in [-0.39, 0.29) is 6.04 Å². The molecule has 1 aliphatic carbocycles. The normalized spacial score (nSPS) is 20.0. The molecule has 0 amide bonds. The average Bonchev–Trinajstić information content (AvgIpc) is 2.85. The van der Waals surface area contributed by atoms with Crippen molar-refractivity contribution in [3.05, 3.63) is 53.6 Å². The lowest BCUT2D eigenvalue weighted by Gasteiger charge is -2.27. The van der Waals surface area contributed by atoms with Gasteiger partial charge >= 0.3 is 0 Å². The highest BCUT2D eigenvalue weighted by molar-refractivity contribution is 5.32. The van der Waals surface area contributed by atoms with E-state index in [1.54, 1.807) is 0 Å². The summed E-state index contributed by atoms with van der Waals surface area (Å²) >= 11 is 0. The Morgan fingerprint density at radius 1 is 1.42 bits per heavy atom. The molecule has 1 aromatic carbocycles. The summed E-state index contributed by atoms with van der Waals surface area (Å²) in [5.41, 5.74) is 9.35. The van der Waals surface area contributed by atoms with E-state index in [0.717, 1.165) is 12.2 Å². The van der Waals surface area contributed by atoms with Crippen LogP contribution in [-0.4, -0.2) is 9.55 Å². The summed E-state index contributed by atoms with van der Waals surface area (Å²) in [6, 6.07) is 8.83. The van der Waals surface area contributed by atoms with Crippen molar-refractivity contribution in [2.45, 2.75) is 37.6 Å². The summed E-state index contributed by atoms with van der Waals surface area (Å²) < 4.78 is 2.03. The van der Waals surface area contributed by atoms with Crippen molar-refractivity contribution in [2.24, 2.45) is 12.8 Å². The Morgan fingerprint density at radius 2 is 2.26 bits per heavy atom. The predicted octanol–water partition coefficient (Wildman–Crippen LogP) is 2.93. The van der Waals surface area contributed by atoms with Crippen molar-refractivity contribution in [3.63, 3.8) is 0 Å². The van der Waals surface area contributed by atoms with Gasteiger partial charge in [0, 0.05) is 19.4 Å². The Morgan fingerprint density at radius 3 is 3.05 bits per heavy atom. The van der Waals surface area contributed by atoms with Gasteiger partial charge in [-0.1, -0.05) is 24.3 Å². The molecule has 19 heavy (non-hydrogen) atoms. The van der Waals surface area contributed by atoms with Crippen molar-refractivity contribution in [1.29, 1.82) is 0 Å². The van der Waals surface area contributed by atoms with Gasteiger partial charge in [0.25, 0.3) is 0 Å². The molecule has 3 nitrogen and oxygen atoms in total. The number of imidazole rings is 1. The van der Waals surface area contributed by atoms with E-state index in [2.05, 4.69) is 29.2 Å². The standard InChI is InChI=1S/C16H21N3/c1-19-10-9-18-16(19)15(17)11-13-7-4-6-12-5-2-3-8-14(12)13/h2-3,5,8-10,13,15H,4,6-7,11,17H2,1H3. The van der Waals surface area contributed by atoms with E-state index in [0.29, 0.717) is 5.92 Å². The van der Waals surface area contributed by atoms with Crippen LogP contribution >= 0.6 is 0 Å². The van der Waals surface area contributed by atoms with Crippen LogP contribution in [0.1, 0.15) is 48.2 Å². The zero-order chi connectivity index (χ0) is 13.2. The summed E-state index contributed by atoms with van der Waals surface area (Å²) in [5.74, 6) is 1.57. The van der Waals surface area contributed by atoms with Gasteiger partial charge in [-0.3, -0.25) is 0 Å². The fraction of sp³-hybridized carbons (Fsp3) is 0.438. The van der Waals surface area contributed by atoms with E-state index in [4.69, 9.17) is 5.73 Å². The third-order valence-electron chi connectivity index (χ3n) is 4.22. The third kappa shape index (κ3) is 2.43. The van der Waals surface area contributed by atoms with Gasteiger partial charge in [-0.2, -0.15) is 0 Å². The predicted molar refractivity (Wildman–Crippen MR) is 76.9 cm³/mol. The monoisotopic (exact) mass is 255 g/mol. The number of benzene rings is 1. The summed E-state index contributed by atoms with van der Waals surface area (Å²) in [4.78, 5) is 4.38. The molecule has 0 saturated heterocycles. The van der Waals surface area contributed by atoms with Crippen LogP contribution in [-0.2, 0) is 13.5 Å². The summed E-state index contributed by atoms with van der Waals surface area (Å²) in [6.07, 6.45) is 8.50. The molecule has 2 N–H and O–H groups in total. The minimum atomic E-state index is 0.0242. The van der Waals surface area contributed by atoms with Gasteiger partial charge < -0.3 is 10.3 Å². The molecule has 1 heterocycles. The van der Waals surface area contributed by atoms with E-state index in [1.165, 1.54) is 30.4 Å². The van der Waals surface area contributed by atoms with Crippen LogP contribution in [0.25, 0.3) is 0 Å². The largest absolute Gasteiger partial charge is 0.337 e. The van der Waals surface area contributed by atoms with Crippen molar-refractivity contribution < 1.29 is 0 Å². The molecule has 0 fully saturated rings. The number of hydrogen-bond acceptors (Lipinski definition) is 2. The Kier molecular flexibility index (Phi) is 3.38. The van der Waals surface area contributed by atoms with Crippen molar-refractivity contribution in [3.8, 4) is 0 Å². The molecular formula is C16H21N3. The Balaban J connectivity index is 1.80. The number of nitrogens with two attached hydrogens (primary N) is 1. The maximum atomic E-state index is 6.34. The third-order valence-corrected chi connectivity index (χ3v) is 4.22.